The van der Waals surface area contributed by atoms with Crippen molar-refractivity contribution in [3.8, 4) is 0 Å². The molecule has 1 aromatic rings. The molecule has 0 aliphatic carbocycles. The quantitative estimate of drug-likeness (QED) is 0.889. The number of nitrogens with zero attached hydrogens (tertiary/aromatic N) is 2. The van der Waals surface area contributed by atoms with Crippen molar-refractivity contribution < 1.29 is 9.26 Å². The monoisotopic (exact) mass is 267 g/mol. The summed E-state index contributed by atoms with van der Waals surface area (Å²) in [5.74, 6) is 2.41. The van der Waals surface area contributed by atoms with E-state index in [1.807, 2.05) is 6.92 Å². The highest BCUT2D eigenvalue weighted by atomic mass is 16.5. The molecule has 1 aliphatic rings. The Hall–Kier alpha value is -0.940. The number of rotatable bonds is 5. The highest BCUT2D eigenvalue weighted by molar-refractivity contribution is 4.98. The maximum atomic E-state index is 5.71. The Bertz CT molecular complexity index is 392. The first kappa shape index (κ1) is 14.5. The van der Waals surface area contributed by atoms with Crippen molar-refractivity contribution in [3.63, 3.8) is 0 Å². The molecule has 1 fully saturated rings. The average molecular weight is 267 g/mol. The third kappa shape index (κ3) is 3.54. The van der Waals surface area contributed by atoms with E-state index in [2.05, 4.69) is 36.2 Å². The highest BCUT2D eigenvalue weighted by Crippen LogP contribution is 2.28. The Balaban J connectivity index is 2.08. The molecule has 0 amide bonds. The van der Waals surface area contributed by atoms with Crippen LogP contribution in [0.4, 0.5) is 0 Å². The molecule has 5 heteroatoms. The van der Waals surface area contributed by atoms with Gasteiger partial charge in [-0.25, -0.2) is 0 Å². The smallest absolute Gasteiger partial charge is 0.243 e. The van der Waals surface area contributed by atoms with Crippen LogP contribution in [0.25, 0.3) is 0 Å². The lowest BCUT2D eigenvalue weighted by Crippen LogP contribution is -2.31. The minimum absolute atomic E-state index is 0.0801. The van der Waals surface area contributed by atoms with Crippen LogP contribution < -0.4 is 5.32 Å². The van der Waals surface area contributed by atoms with Gasteiger partial charge in [-0.2, -0.15) is 4.98 Å². The molecule has 0 spiro atoms. The summed E-state index contributed by atoms with van der Waals surface area (Å²) in [6.45, 7) is 10.1. The average Bonchev–Trinajstić information content (AvgIpc) is 2.84. The summed E-state index contributed by atoms with van der Waals surface area (Å²) in [4.78, 5) is 4.54. The van der Waals surface area contributed by atoms with Crippen LogP contribution >= 0.6 is 0 Å². The fourth-order valence-corrected chi connectivity index (χ4v) is 2.54. The fraction of sp³-hybridized carbons (Fsp3) is 0.857. The predicted octanol–water partition coefficient (Wildman–Crippen LogP) is 2.86. The molecule has 0 radical (unpaired) electrons. The zero-order valence-electron chi connectivity index (χ0n) is 12.3. The summed E-state index contributed by atoms with van der Waals surface area (Å²) in [5.41, 5.74) is 0. The first-order valence-electron chi connectivity index (χ1n) is 7.30. The number of aromatic nitrogens is 2. The first-order chi connectivity index (χ1) is 9.11. The van der Waals surface area contributed by atoms with Gasteiger partial charge in [0.15, 0.2) is 0 Å². The lowest BCUT2D eigenvalue weighted by atomic mass is 9.94. The van der Waals surface area contributed by atoms with E-state index in [1.54, 1.807) is 0 Å². The number of hydrogen-bond acceptors (Lipinski definition) is 5. The van der Waals surface area contributed by atoms with Gasteiger partial charge in [-0.1, -0.05) is 25.9 Å². The number of ether oxygens (including phenoxy) is 1. The number of hydrogen-bond donors (Lipinski definition) is 1. The van der Waals surface area contributed by atoms with Crippen molar-refractivity contribution >= 4 is 0 Å². The Labute approximate surface area is 115 Å². The lowest BCUT2D eigenvalue weighted by molar-refractivity contribution is 0.0217. The van der Waals surface area contributed by atoms with Gasteiger partial charge in [-0.15, -0.1) is 0 Å². The summed E-state index contributed by atoms with van der Waals surface area (Å²) in [6.07, 6.45) is 2.19. The molecule has 2 rings (SSSR count). The van der Waals surface area contributed by atoms with Crippen molar-refractivity contribution in [2.24, 2.45) is 11.8 Å². The molecule has 2 heterocycles. The maximum absolute atomic E-state index is 5.71. The van der Waals surface area contributed by atoms with Crippen LogP contribution in [0.5, 0.6) is 0 Å². The van der Waals surface area contributed by atoms with E-state index in [0.29, 0.717) is 30.2 Å². The van der Waals surface area contributed by atoms with E-state index in [4.69, 9.17) is 9.26 Å². The summed E-state index contributed by atoms with van der Waals surface area (Å²) >= 11 is 0. The van der Waals surface area contributed by atoms with E-state index in [-0.39, 0.29) is 12.1 Å². The summed E-state index contributed by atoms with van der Waals surface area (Å²) < 4.78 is 11.1. The van der Waals surface area contributed by atoms with Gasteiger partial charge in [0.25, 0.3) is 0 Å². The van der Waals surface area contributed by atoms with Gasteiger partial charge in [0.2, 0.25) is 11.7 Å². The molecule has 1 aromatic heterocycles. The molecule has 19 heavy (non-hydrogen) atoms. The van der Waals surface area contributed by atoms with Gasteiger partial charge in [0, 0.05) is 6.61 Å². The van der Waals surface area contributed by atoms with Crippen LogP contribution in [0.2, 0.25) is 0 Å². The van der Waals surface area contributed by atoms with Crippen molar-refractivity contribution in [3.05, 3.63) is 11.7 Å². The Morgan fingerprint density at radius 2 is 2.26 bits per heavy atom. The van der Waals surface area contributed by atoms with Gasteiger partial charge in [-0.3, -0.25) is 0 Å². The second-order valence-corrected chi connectivity index (χ2v) is 5.75. The van der Waals surface area contributed by atoms with Crippen molar-refractivity contribution in [1.29, 1.82) is 0 Å². The molecular formula is C14H25N3O2. The molecular weight excluding hydrogens is 242 g/mol. The Kier molecular flexibility index (Phi) is 4.93. The second kappa shape index (κ2) is 6.48. The first-order valence-corrected chi connectivity index (χ1v) is 7.30. The molecule has 0 saturated carbocycles. The van der Waals surface area contributed by atoms with Crippen LogP contribution in [0, 0.1) is 11.8 Å². The lowest BCUT2D eigenvalue weighted by Gasteiger charge is -2.25. The standard InChI is InChI=1S/C14H25N3O2/c1-5-18-12(9(2)3)13-16-14(19-17-13)11-8-10(4)6-7-15-11/h9-12,15H,5-8H2,1-4H3. The third-order valence-corrected chi connectivity index (χ3v) is 3.63. The van der Waals surface area contributed by atoms with Crippen LogP contribution in [0.3, 0.4) is 0 Å². The second-order valence-electron chi connectivity index (χ2n) is 5.75. The topological polar surface area (TPSA) is 60.2 Å². The molecule has 1 N–H and O–H groups in total. The van der Waals surface area contributed by atoms with Crippen LogP contribution in [0.1, 0.15) is 64.4 Å². The summed E-state index contributed by atoms with van der Waals surface area (Å²) in [7, 11) is 0. The van der Waals surface area contributed by atoms with Crippen LogP contribution in [0.15, 0.2) is 4.52 Å². The largest absolute Gasteiger partial charge is 0.370 e. The van der Waals surface area contributed by atoms with Gasteiger partial charge in [0.1, 0.15) is 6.10 Å². The number of piperidine rings is 1. The van der Waals surface area contributed by atoms with Gasteiger partial charge in [-0.05, 0) is 38.1 Å². The van der Waals surface area contributed by atoms with Crippen LogP contribution in [-0.4, -0.2) is 23.3 Å². The van der Waals surface area contributed by atoms with E-state index in [9.17, 15) is 0 Å². The molecule has 0 aromatic carbocycles. The zero-order valence-corrected chi connectivity index (χ0v) is 12.3. The van der Waals surface area contributed by atoms with E-state index in [0.717, 1.165) is 13.0 Å². The third-order valence-electron chi connectivity index (χ3n) is 3.63. The molecule has 108 valence electrons. The van der Waals surface area contributed by atoms with E-state index < -0.39 is 0 Å². The Morgan fingerprint density at radius 3 is 2.89 bits per heavy atom. The van der Waals surface area contributed by atoms with Gasteiger partial charge >= 0.3 is 0 Å². The predicted molar refractivity (Wildman–Crippen MR) is 72.6 cm³/mol. The molecule has 5 nitrogen and oxygen atoms in total. The Morgan fingerprint density at radius 1 is 1.47 bits per heavy atom. The zero-order chi connectivity index (χ0) is 13.8. The van der Waals surface area contributed by atoms with Crippen molar-refractivity contribution in [2.45, 2.75) is 52.7 Å². The molecule has 1 aliphatic heterocycles. The summed E-state index contributed by atoms with van der Waals surface area (Å²) in [5, 5.41) is 7.55. The minimum Gasteiger partial charge on any atom is -0.370 e. The number of nitrogens with one attached hydrogen (secondary N) is 1. The van der Waals surface area contributed by atoms with Gasteiger partial charge < -0.3 is 14.6 Å². The van der Waals surface area contributed by atoms with E-state index >= 15 is 0 Å². The molecule has 3 atom stereocenters. The minimum atomic E-state index is -0.0801. The van der Waals surface area contributed by atoms with Crippen LogP contribution in [-0.2, 0) is 4.74 Å². The highest BCUT2D eigenvalue weighted by Gasteiger charge is 2.27. The fourth-order valence-electron chi connectivity index (χ4n) is 2.54. The summed E-state index contributed by atoms with van der Waals surface area (Å²) in [6, 6.07) is 0.194. The van der Waals surface area contributed by atoms with Gasteiger partial charge in [0.05, 0.1) is 6.04 Å². The normalized spacial score (nSPS) is 25.7. The van der Waals surface area contributed by atoms with E-state index in [1.165, 1.54) is 6.42 Å². The molecule has 1 saturated heterocycles. The molecule has 3 unspecified atom stereocenters. The SMILES string of the molecule is CCOC(c1noc(C2CC(C)CCN2)n1)C(C)C. The van der Waals surface area contributed by atoms with Crippen molar-refractivity contribution in [1.82, 2.24) is 15.5 Å². The molecule has 0 bridgehead atoms. The maximum Gasteiger partial charge on any atom is 0.243 e. The van der Waals surface area contributed by atoms with Crippen molar-refractivity contribution in [2.75, 3.05) is 13.2 Å².